The Hall–Kier alpha value is -1.89. The lowest BCUT2D eigenvalue weighted by Crippen LogP contribution is -2.60. The Bertz CT molecular complexity index is 833. The van der Waals surface area contributed by atoms with E-state index in [0.29, 0.717) is 18.0 Å². The molecule has 3 heterocycles. The average molecular weight is 399 g/mol. The molecule has 0 saturated carbocycles. The van der Waals surface area contributed by atoms with Gasteiger partial charge in [0.05, 0.1) is 0 Å². The molecule has 2 aliphatic heterocycles. The molecule has 0 spiro atoms. The van der Waals surface area contributed by atoms with Crippen molar-refractivity contribution >= 4 is 16.8 Å². The zero-order valence-electron chi connectivity index (χ0n) is 17.7. The van der Waals surface area contributed by atoms with Crippen molar-refractivity contribution in [3.8, 4) is 0 Å². The second-order valence-electron chi connectivity index (χ2n) is 8.97. The van der Waals surface area contributed by atoms with E-state index in [1.165, 1.54) is 0 Å². The third kappa shape index (κ3) is 4.49. The summed E-state index contributed by atoms with van der Waals surface area (Å²) in [5, 5.41) is 10.7. The zero-order chi connectivity index (χ0) is 20.4. The first-order chi connectivity index (χ1) is 14.0. The van der Waals surface area contributed by atoms with Crippen LogP contribution in [0.3, 0.4) is 0 Å². The first kappa shape index (κ1) is 20.4. The summed E-state index contributed by atoms with van der Waals surface area (Å²) < 4.78 is 0. The molecule has 2 saturated heterocycles. The third-order valence-electron chi connectivity index (χ3n) is 6.61. The molecule has 1 amide bonds. The highest BCUT2D eigenvalue weighted by Gasteiger charge is 2.33. The molecular weight excluding hydrogens is 364 g/mol. The van der Waals surface area contributed by atoms with Crippen molar-refractivity contribution in [3.05, 3.63) is 36.0 Å². The number of hydrogen-bond acceptors (Lipinski definition) is 4. The summed E-state index contributed by atoms with van der Waals surface area (Å²) in [7, 11) is 0. The predicted octanol–water partition coefficient (Wildman–Crippen LogP) is 2.41. The van der Waals surface area contributed by atoms with E-state index in [0.717, 1.165) is 68.6 Å². The number of fused-ring (bicyclic) bond motifs is 1. The van der Waals surface area contributed by atoms with E-state index in [1.54, 1.807) is 0 Å². The van der Waals surface area contributed by atoms with Crippen molar-refractivity contribution in [2.45, 2.75) is 38.8 Å². The van der Waals surface area contributed by atoms with Crippen molar-refractivity contribution in [1.29, 1.82) is 0 Å². The molecule has 2 aliphatic rings. The topological polar surface area (TPSA) is 62.8 Å². The van der Waals surface area contributed by atoms with Crippen LogP contribution in [0.2, 0.25) is 0 Å². The van der Waals surface area contributed by atoms with Crippen LogP contribution in [-0.2, 0) is 0 Å². The second kappa shape index (κ2) is 8.86. The highest BCUT2D eigenvalue weighted by atomic mass is 16.3. The number of rotatable bonds is 5. The van der Waals surface area contributed by atoms with E-state index in [4.69, 9.17) is 0 Å². The van der Waals surface area contributed by atoms with Gasteiger partial charge in [-0.15, -0.1) is 0 Å². The lowest BCUT2D eigenvalue weighted by Gasteiger charge is -2.46. The Morgan fingerprint density at radius 1 is 1.21 bits per heavy atom. The first-order valence-electron chi connectivity index (χ1n) is 11.0. The molecule has 0 bridgehead atoms. The normalized spacial score (nSPS) is 24.5. The minimum Gasteiger partial charge on any atom is -0.396 e. The van der Waals surface area contributed by atoms with Gasteiger partial charge in [0.2, 0.25) is 0 Å². The molecule has 2 unspecified atom stereocenters. The molecule has 1 aromatic heterocycles. The van der Waals surface area contributed by atoms with Crippen LogP contribution in [0.5, 0.6) is 0 Å². The van der Waals surface area contributed by atoms with Crippen molar-refractivity contribution in [2.24, 2.45) is 5.92 Å². The lowest BCUT2D eigenvalue weighted by atomic mass is 9.98. The quantitative estimate of drug-likeness (QED) is 0.812. The van der Waals surface area contributed by atoms with Gasteiger partial charge in [-0.2, -0.15) is 0 Å². The molecule has 6 nitrogen and oxygen atoms in total. The smallest absolute Gasteiger partial charge is 0.254 e. The Kier molecular flexibility index (Phi) is 6.23. The van der Waals surface area contributed by atoms with E-state index >= 15 is 0 Å². The molecule has 6 heteroatoms. The maximum atomic E-state index is 13.2. The van der Waals surface area contributed by atoms with Gasteiger partial charge in [0.1, 0.15) is 0 Å². The molecule has 2 N–H and O–H groups in total. The summed E-state index contributed by atoms with van der Waals surface area (Å²) in [4.78, 5) is 23.5. The largest absolute Gasteiger partial charge is 0.396 e. The summed E-state index contributed by atoms with van der Waals surface area (Å²) in [5.74, 6) is 0.520. The number of amides is 1. The van der Waals surface area contributed by atoms with Crippen LogP contribution in [-0.4, -0.2) is 88.7 Å². The fraction of sp³-hybridized carbons (Fsp3) is 0.609. The summed E-state index contributed by atoms with van der Waals surface area (Å²) in [5.41, 5.74) is 1.77. The number of aromatic nitrogens is 1. The molecule has 2 atom stereocenters. The molecule has 158 valence electrons. The Balaban J connectivity index is 1.47. The average Bonchev–Trinajstić information content (AvgIpc) is 3.21. The van der Waals surface area contributed by atoms with E-state index in [9.17, 15) is 9.90 Å². The van der Waals surface area contributed by atoms with Crippen molar-refractivity contribution in [3.63, 3.8) is 0 Å². The number of carbonyl (C=O) groups is 1. The number of benzene rings is 1. The second-order valence-corrected chi connectivity index (χ2v) is 8.97. The van der Waals surface area contributed by atoms with E-state index < -0.39 is 0 Å². The van der Waals surface area contributed by atoms with Gasteiger partial charge >= 0.3 is 0 Å². The summed E-state index contributed by atoms with van der Waals surface area (Å²) in [6, 6.07) is 8.75. The Labute approximate surface area is 173 Å². The fourth-order valence-electron chi connectivity index (χ4n) is 5.02. The maximum absolute atomic E-state index is 13.2. The number of aromatic amines is 1. The first-order valence-corrected chi connectivity index (χ1v) is 11.0. The predicted molar refractivity (Wildman–Crippen MR) is 116 cm³/mol. The SMILES string of the molecule is CC(C)N1CCN(C(=O)c2ccc3cc[nH]c3c2)CC1CN1CCCC(CO)C1. The summed E-state index contributed by atoms with van der Waals surface area (Å²) in [6.45, 7) is 10.3. The van der Waals surface area contributed by atoms with Gasteiger partial charge in [0, 0.05) is 68.7 Å². The van der Waals surface area contributed by atoms with Gasteiger partial charge in [0.15, 0.2) is 0 Å². The Morgan fingerprint density at radius 3 is 2.86 bits per heavy atom. The van der Waals surface area contributed by atoms with Gasteiger partial charge in [-0.25, -0.2) is 0 Å². The summed E-state index contributed by atoms with van der Waals surface area (Å²) in [6.07, 6.45) is 4.18. The van der Waals surface area contributed by atoms with Crippen LogP contribution < -0.4 is 0 Å². The van der Waals surface area contributed by atoms with Gasteiger partial charge in [-0.05, 0) is 62.7 Å². The number of H-pyrrole nitrogens is 1. The number of aliphatic hydroxyl groups is 1. The van der Waals surface area contributed by atoms with Crippen LogP contribution in [0.1, 0.15) is 37.0 Å². The minimum absolute atomic E-state index is 0.127. The summed E-state index contributed by atoms with van der Waals surface area (Å²) >= 11 is 0. The van der Waals surface area contributed by atoms with Gasteiger partial charge < -0.3 is 19.9 Å². The molecule has 2 fully saturated rings. The number of hydrogen-bond donors (Lipinski definition) is 2. The lowest BCUT2D eigenvalue weighted by molar-refractivity contribution is 0.0177. The monoisotopic (exact) mass is 398 g/mol. The standard InChI is InChI=1S/C23H34N4O2/c1-17(2)27-11-10-26(15-21(27)14-25-9-3-4-18(13-25)16-28)23(29)20-6-5-19-7-8-24-22(19)12-20/h5-8,12,17-18,21,24,28H,3-4,9-11,13-16H2,1-2H3. The molecular formula is C23H34N4O2. The number of piperazine rings is 1. The van der Waals surface area contributed by atoms with Gasteiger partial charge in [-0.3, -0.25) is 9.69 Å². The molecule has 1 aromatic carbocycles. The maximum Gasteiger partial charge on any atom is 0.254 e. The zero-order valence-corrected chi connectivity index (χ0v) is 17.7. The van der Waals surface area contributed by atoms with Crippen LogP contribution >= 0.6 is 0 Å². The molecule has 0 aliphatic carbocycles. The number of aliphatic hydroxyl groups excluding tert-OH is 1. The number of nitrogens with zero attached hydrogens (tertiary/aromatic N) is 3. The highest BCUT2D eigenvalue weighted by molar-refractivity contribution is 5.98. The van der Waals surface area contributed by atoms with Crippen LogP contribution in [0, 0.1) is 5.92 Å². The molecule has 2 aromatic rings. The number of nitrogens with one attached hydrogen (secondary N) is 1. The molecule has 0 radical (unpaired) electrons. The van der Waals surface area contributed by atoms with E-state index in [2.05, 4.69) is 28.6 Å². The van der Waals surface area contributed by atoms with Crippen LogP contribution in [0.15, 0.2) is 30.5 Å². The van der Waals surface area contributed by atoms with E-state index in [1.807, 2.05) is 35.4 Å². The fourth-order valence-corrected chi connectivity index (χ4v) is 5.02. The van der Waals surface area contributed by atoms with Crippen molar-refractivity contribution in [1.82, 2.24) is 19.7 Å². The number of likely N-dealkylation sites (tertiary alicyclic amines) is 1. The van der Waals surface area contributed by atoms with Crippen molar-refractivity contribution < 1.29 is 9.90 Å². The minimum atomic E-state index is 0.127. The van der Waals surface area contributed by atoms with Gasteiger partial charge in [0.25, 0.3) is 5.91 Å². The van der Waals surface area contributed by atoms with Crippen LogP contribution in [0.25, 0.3) is 10.9 Å². The number of piperidine rings is 1. The molecule has 29 heavy (non-hydrogen) atoms. The molecule has 4 rings (SSSR count). The number of carbonyl (C=O) groups excluding carboxylic acids is 1. The van der Waals surface area contributed by atoms with Gasteiger partial charge in [-0.1, -0.05) is 6.07 Å². The third-order valence-corrected chi connectivity index (χ3v) is 6.61. The van der Waals surface area contributed by atoms with E-state index in [-0.39, 0.29) is 12.5 Å². The highest BCUT2D eigenvalue weighted by Crippen LogP contribution is 2.22. The van der Waals surface area contributed by atoms with Crippen LogP contribution in [0.4, 0.5) is 0 Å². The van der Waals surface area contributed by atoms with Crippen molar-refractivity contribution in [2.75, 3.05) is 45.9 Å². The Morgan fingerprint density at radius 2 is 2.07 bits per heavy atom.